The Morgan fingerprint density at radius 3 is 1.57 bits per heavy atom. The maximum atomic E-state index is 11.2. The highest BCUT2D eigenvalue weighted by Crippen LogP contribution is 2.41. The summed E-state index contributed by atoms with van der Waals surface area (Å²) in [7, 11) is 0. The summed E-state index contributed by atoms with van der Waals surface area (Å²) in [5.74, 6) is 1.21. The maximum absolute atomic E-state index is 11.2. The predicted molar refractivity (Wildman–Crippen MR) is 164 cm³/mol. The van der Waals surface area contributed by atoms with Crippen LogP contribution in [0, 0.1) is 0 Å². The van der Waals surface area contributed by atoms with E-state index >= 15 is 0 Å². The smallest absolute Gasteiger partial charge is 0.122 e. The molecule has 1 atom stereocenters. The van der Waals surface area contributed by atoms with Crippen LogP contribution >= 0.6 is 0 Å². The quantitative estimate of drug-likeness (QED) is 0.188. The van der Waals surface area contributed by atoms with Crippen molar-refractivity contribution in [2.24, 2.45) is 0 Å². The summed E-state index contributed by atoms with van der Waals surface area (Å²) in [5.41, 5.74) is 4.76. The van der Waals surface area contributed by atoms with Crippen LogP contribution in [0.15, 0.2) is 42.5 Å². The number of hydrogen-bond donors (Lipinski definition) is 1. The van der Waals surface area contributed by atoms with E-state index in [-0.39, 0.29) is 5.41 Å². The highest BCUT2D eigenvalue weighted by atomic mass is 16.3. The fourth-order valence-electron chi connectivity index (χ4n) is 5.68. The summed E-state index contributed by atoms with van der Waals surface area (Å²) in [6, 6.07) is 15.3. The van der Waals surface area contributed by atoms with Gasteiger partial charge in [-0.2, -0.15) is 0 Å². The van der Waals surface area contributed by atoms with E-state index < -0.39 is 0 Å². The Kier molecular flexibility index (Phi) is 14.4. The van der Waals surface area contributed by atoms with E-state index in [9.17, 15) is 5.11 Å². The highest BCUT2D eigenvalue weighted by molar-refractivity contribution is 5.51. The first kappa shape index (κ1) is 31.5. The molecule has 0 aliphatic rings. The van der Waals surface area contributed by atoms with Crippen LogP contribution in [0.1, 0.15) is 172 Å². The molecule has 0 saturated heterocycles. The van der Waals surface area contributed by atoms with E-state index in [4.69, 9.17) is 0 Å². The van der Waals surface area contributed by atoms with Gasteiger partial charge in [-0.3, -0.25) is 0 Å². The summed E-state index contributed by atoms with van der Waals surface area (Å²) >= 11 is 0. The third-order valence-corrected chi connectivity index (χ3v) is 8.53. The van der Waals surface area contributed by atoms with Gasteiger partial charge in [-0.25, -0.2) is 0 Å². The lowest BCUT2D eigenvalue weighted by molar-refractivity contribution is 0.446. The molecule has 0 radical (unpaired) electrons. The van der Waals surface area contributed by atoms with Crippen molar-refractivity contribution < 1.29 is 5.11 Å². The van der Waals surface area contributed by atoms with Gasteiger partial charge >= 0.3 is 0 Å². The van der Waals surface area contributed by atoms with Gasteiger partial charge < -0.3 is 5.11 Å². The summed E-state index contributed by atoms with van der Waals surface area (Å²) in [6.07, 6.45) is 20.7. The van der Waals surface area contributed by atoms with Gasteiger partial charge in [-0.05, 0) is 40.5 Å². The Hall–Kier alpha value is -1.76. The molecule has 1 heteroatoms. The minimum atomic E-state index is -0.0951. The van der Waals surface area contributed by atoms with Gasteiger partial charge in [0.15, 0.2) is 0 Å². The van der Waals surface area contributed by atoms with Crippen molar-refractivity contribution in [3.63, 3.8) is 0 Å². The first-order valence-electron chi connectivity index (χ1n) is 15.7. The Morgan fingerprint density at radius 1 is 0.622 bits per heavy atom. The predicted octanol–water partition coefficient (Wildman–Crippen LogP) is 11.8. The van der Waals surface area contributed by atoms with Crippen LogP contribution in [0.3, 0.4) is 0 Å². The van der Waals surface area contributed by atoms with Crippen molar-refractivity contribution in [2.45, 2.75) is 155 Å². The van der Waals surface area contributed by atoms with Gasteiger partial charge in [0.25, 0.3) is 0 Å². The van der Waals surface area contributed by atoms with Gasteiger partial charge in [0.2, 0.25) is 0 Å². The van der Waals surface area contributed by atoms with Crippen molar-refractivity contribution in [3.8, 4) is 5.75 Å². The molecule has 2 aromatic rings. The molecule has 1 nitrogen and oxygen atoms in total. The fraction of sp³-hybridized carbons (Fsp3) is 0.667. The number of benzene rings is 2. The molecule has 0 aromatic heterocycles. The minimum absolute atomic E-state index is 0.0951. The molecule has 0 amide bonds. The monoisotopic (exact) mass is 506 g/mol. The molecule has 0 saturated carbocycles. The van der Waals surface area contributed by atoms with Crippen LogP contribution < -0.4 is 0 Å². The van der Waals surface area contributed by atoms with Gasteiger partial charge in [0.05, 0.1) is 0 Å². The van der Waals surface area contributed by atoms with Crippen LogP contribution in [0.2, 0.25) is 0 Å². The Balaban J connectivity index is 1.80. The zero-order valence-corrected chi connectivity index (χ0v) is 25.2. The molecule has 1 unspecified atom stereocenters. The van der Waals surface area contributed by atoms with E-state index in [2.05, 4.69) is 84.0 Å². The number of phenolic OH excluding ortho intramolecular Hbond substituents is 1. The third kappa shape index (κ3) is 10.5. The van der Waals surface area contributed by atoms with Gasteiger partial charge in [-0.15, -0.1) is 0 Å². The Bertz CT molecular complexity index is 864. The molecule has 0 heterocycles. The third-order valence-electron chi connectivity index (χ3n) is 8.53. The molecule has 2 aromatic carbocycles. The molecule has 0 fully saturated rings. The van der Waals surface area contributed by atoms with Gasteiger partial charge in [-0.1, -0.05) is 174 Å². The highest BCUT2D eigenvalue weighted by Gasteiger charge is 2.27. The normalized spacial score (nSPS) is 12.8. The SMILES string of the molecule is CCCCCCCCCCCCCCCCC(C)c1cc(C(C)(C)c2ccccc2)cc(C(C)C)c1O. The Labute approximate surface area is 230 Å². The summed E-state index contributed by atoms with van der Waals surface area (Å²) in [6.45, 7) is 13.6. The van der Waals surface area contributed by atoms with E-state index in [0.717, 1.165) is 17.5 Å². The van der Waals surface area contributed by atoms with Crippen molar-refractivity contribution in [1.29, 1.82) is 0 Å². The zero-order valence-electron chi connectivity index (χ0n) is 25.2. The fourth-order valence-corrected chi connectivity index (χ4v) is 5.68. The number of hydrogen-bond acceptors (Lipinski definition) is 1. The van der Waals surface area contributed by atoms with E-state index in [1.165, 1.54) is 101 Å². The second kappa shape index (κ2) is 17.0. The van der Waals surface area contributed by atoms with Crippen LogP contribution in [0.5, 0.6) is 5.75 Å². The first-order valence-corrected chi connectivity index (χ1v) is 15.7. The van der Waals surface area contributed by atoms with Crippen LogP contribution in [0.25, 0.3) is 0 Å². The van der Waals surface area contributed by atoms with Gasteiger partial charge in [0.1, 0.15) is 5.75 Å². The van der Waals surface area contributed by atoms with Crippen LogP contribution in [0.4, 0.5) is 0 Å². The minimum Gasteiger partial charge on any atom is -0.507 e. The van der Waals surface area contributed by atoms with Crippen LogP contribution in [-0.4, -0.2) is 5.11 Å². The number of unbranched alkanes of at least 4 members (excludes halogenated alkanes) is 13. The molecule has 0 spiro atoms. The van der Waals surface area contributed by atoms with Crippen molar-refractivity contribution in [3.05, 3.63) is 64.7 Å². The van der Waals surface area contributed by atoms with Crippen molar-refractivity contribution in [1.82, 2.24) is 0 Å². The molecule has 37 heavy (non-hydrogen) atoms. The zero-order chi connectivity index (χ0) is 27.1. The summed E-state index contributed by atoms with van der Waals surface area (Å²) in [5, 5.41) is 11.2. The number of rotatable bonds is 19. The summed E-state index contributed by atoms with van der Waals surface area (Å²) < 4.78 is 0. The molecule has 1 N–H and O–H groups in total. The standard InChI is InChI=1S/C36H58O/c1-7-8-9-10-11-12-13-14-15-16-17-18-19-21-24-30(4)34-28-32(27-33(29(2)3)35(34)37)36(5,6)31-25-22-20-23-26-31/h20,22-23,25-30,37H,7-19,21,24H2,1-6H3. The molecular formula is C36H58O. The van der Waals surface area contributed by atoms with E-state index in [1.807, 2.05) is 0 Å². The van der Waals surface area contributed by atoms with Crippen LogP contribution in [-0.2, 0) is 5.41 Å². The van der Waals surface area contributed by atoms with Crippen molar-refractivity contribution >= 4 is 0 Å². The molecule has 0 bridgehead atoms. The lowest BCUT2D eigenvalue weighted by atomic mass is 9.75. The molecule has 0 aliphatic carbocycles. The summed E-state index contributed by atoms with van der Waals surface area (Å²) in [4.78, 5) is 0. The van der Waals surface area contributed by atoms with Gasteiger partial charge in [0, 0.05) is 5.41 Å². The average molecular weight is 507 g/mol. The topological polar surface area (TPSA) is 20.2 Å². The second-order valence-electron chi connectivity index (χ2n) is 12.4. The Morgan fingerprint density at radius 2 is 1.08 bits per heavy atom. The lowest BCUT2D eigenvalue weighted by Crippen LogP contribution is -2.20. The number of aromatic hydroxyl groups is 1. The van der Waals surface area contributed by atoms with E-state index in [0.29, 0.717) is 17.6 Å². The van der Waals surface area contributed by atoms with E-state index in [1.54, 1.807) is 0 Å². The average Bonchev–Trinajstić information content (AvgIpc) is 2.89. The second-order valence-corrected chi connectivity index (χ2v) is 12.4. The largest absolute Gasteiger partial charge is 0.507 e. The molecular weight excluding hydrogens is 448 g/mol. The molecule has 2 rings (SSSR count). The molecule has 0 aliphatic heterocycles. The first-order chi connectivity index (χ1) is 17.8. The molecule has 208 valence electrons. The number of phenols is 1. The maximum Gasteiger partial charge on any atom is 0.122 e. The van der Waals surface area contributed by atoms with Crippen molar-refractivity contribution in [2.75, 3.05) is 0 Å². The lowest BCUT2D eigenvalue weighted by Gasteiger charge is -2.29.